The van der Waals surface area contributed by atoms with Crippen molar-refractivity contribution in [3.8, 4) is 6.07 Å². The van der Waals surface area contributed by atoms with Crippen molar-refractivity contribution in [2.75, 3.05) is 5.32 Å². The number of hydrogen-bond acceptors (Lipinski definition) is 3. The Morgan fingerprint density at radius 2 is 1.95 bits per heavy atom. The Morgan fingerprint density at radius 1 is 1.29 bits per heavy atom. The third-order valence-electron chi connectivity index (χ3n) is 2.89. The largest absolute Gasteiger partial charge is 0.370 e. The molecule has 21 heavy (non-hydrogen) atoms. The summed E-state index contributed by atoms with van der Waals surface area (Å²) in [4.78, 5) is 11.7. The molecule has 0 saturated heterocycles. The zero-order valence-corrected chi connectivity index (χ0v) is 13.1. The monoisotopic (exact) mass is 363 g/mol. The molecule has 0 heterocycles. The Hall–Kier alpha value is -2.03. The average molecular weight is 365 g/mol. The molecule has 106 valence electrons. The first-order chi connectivity index (χ1) is 10.0. The second-order valence-corrected chi connectivity index (χ2v) is 5.60. The van der Waals surface area contributed by atoms with Gasteiger partial charge in [0.15, 0.2) is 0 Å². The van der Waals surface area contributed by atoms with Crippen molar-refractivity contribution < 1.29 is 4.79 Å². The number of nitriles is 1. The summed E-state index contributed by atoms with van der Waals surface area (Å²) in [6, 6.07) is 13.3. The van der Waals surface area contributed by atoms with Crippen LogP contribution in [0.15, 0.2) is 46.9 Å². The maximum Gasteiger partial charge on any atom is 0.244 e. The molecule has 0 fully saturated rings. The molecule has 1 atom stereocenters. The number of carbonyl (C=O) groups is 1. The number of amides is 1. The van der Waals surface area contributed by atoms with Crippen LogP contribution >= 0.6 is 27.5 Å². The first-order valence-electron chi connectivity index (χ1n) is 6.02. The molecule has 0 saturated carbocycles. The fraction of sp³-hybridized carbons (Fsp3) is 0.0667. The molecule has 0 bridgehead atoms. The molecule has 2 rings (SSSR count). The van der Waals surface area contributed by atoms with E-state index < -0.39 is 11.9 Å². The number of nitrogens with zero attached hydrogens (tertiary/aromatic N) is 1. The lowest BCUT2D eigenvalue weighted by atomic mass is 10.0. The van der Waals surface area contributed by atoms with Crippen LogP contribution < -0.4 is 11.1 Å². The number of nitrogens with two attached hydrogens (primary N) is 1. The number of carbonyl (C=O) groups excluding carboxylic acids is 1. The maximum atomic E-state index is 11.7. The number of rotatable bonds is 4. The number of halogens is 2. The number of hydrogen-bond donors (Lipinski definition) is 2. The van der Waals surface area contributed by atoms with Crippen LogP contribution in [-0.2, 0) is 4.79 Å². The smallest absolute Gasteiger partial charge is 0.244 e. The second kappa shape index (κ2) is 6.61. The Bertz CT molecular complexity index is 710. The van der Waals surface area contributed by atoms with Crippen LogP contribution in [0.2, 0.25) is 5.02 Å². The van der Waals surface area contributed by atoms with Gasteiger partial charge in [0.2, 0.25) is 5.91 Å². The van der Waals surface area contributed by atoms with Crippen LogP contribution in [0.25, 0.3) is 0 Å². The zero-order chi connectivity index (χ0) is 15.4. The van der Waals surface area contributed by atoms with E-state index in [1.54, 1.807) is 42.5 Å². The average Bonchev–Trinajstić information content (AvgIpc) is 2.48. The molecule has 0 aliphatic carbocycles. The lowest BCUT2D eigenvalue weighted by molar-refractivity contribution is -0.118. The quantitative estimate of drug-likeness (QED) is 0.869. The van der Waals surface area contributed by atoms with Crippen molar-refractivity contribution >= 4 is 39.1 Å². The summed E-state index contributed by atoms with van der Waals surface area (Å²) >= 11 is 9.26. The van der Waals surface area contributed by atoms with Crippen LogP contribution in [0, 0.1) is 11.3 Å². The first-order valence-corrected chi connectivity index (χ1v) is 7.19. The highest BCUT2D eigenvalue weighted by Crippen LogP contribution is 2.28. The van der Waals surface area contributed by atoms with Crippen molar-refractivity contribution in [2.45, 2.75) is 6.04 Å². The van der Waals surface area contributed by atoms with Gasteiger partial charge < -0.3 is 11.1 Å². The molecule has 1 unspecified atom stereocenters. The summed E-state index contributed by atoms with van der Waals surface area (Å²) < 4.78 is 0.720. The third kappa shape index (κ3) is 3.75. The summed E-state index contributed by atoms with van der Waals surface area (Å²) in [5.41, 5.74) is 7.37. The van der Waals surface area contributed by atoms with Crippen LogP contribution in [0.3, 0.4) is 0 Å². The van der Waals surface area contributed by atoms with Gasteiger partial charge in [-0.15, -0.1) is 0 Å². The number of benzene rings is 2. The molecule has 0 radical (unpaired) electrons. The summed E-state index contributed by atoms with van der Waals surface area (Å²) in [5.74, 6) is -0.509. The molecule has 6 heteroatoms. The Balaban J connectivity index is 2.28. The highest BCUT2D eigenvalue weighted by Gasteiger charge is 2.17. The second-order valence-electron chi connectivity index (χ2n) is 4.34. The van der Waals surface area contributed by atoms with E-state index in [1.807, 2.05) is 6.07 Å². The molecule has 0 aliphatic rings. The van der Waals surface area contributed by atoms with E-state index in [4.69, 9.17) is 22.6 Å². The van der Waals surface area contributed by atoms with Crippen molar-refractivity contribution in [3.05, 3.63) is 63.1 Å². The standard InChI is InChI=1S/C15H11BrClN3O/c16-12-7-11(5-6-13(12)17)20-14(15(19)21)10-3-1-9(8-18)2-4-10/h1-7,14,20H,(H2,19,21). The SMILES string of the molecule is N#Cc1ccc(C(Nc2ccc(Cl)c(Br)c2)C(N)=O)cc1. The fourth-order valence-electron chi connectivity index (χ4n) is 1.82. The lowest BCUT2D eigenvalue weighted by Gasteiger charge is -2.17. The van der Waals surface area contributed by atoms with E-state index in [0.717, 1.165) is 4.47 Å². The first kappa shape index (κ1) is 15.4. The Morgan fingerprint density at radius 3 is 2.48 bits per heavy atom. The van der Waals surface area contributed by atoms with E-state index in [0.29, 0.717) is 21.8 Å². The third-order valence-corrected chi connectivity index (χ3v) is 4.10. The normalized spacial score (nSPS) is 11.5. The Labute approximate surface area is 135 Å². The van der Waals surface area contributed by atoms with Crippen LogP contribution in [0.1, 0.15) is 17.2 Å². The topological polar surface area (TPSA) is 78.9 Å². The number of anilines is 1. The minimum absolute atomic E-state index is 0.509. The van der Waals surface area contributed by atoms with Crippen molar-refractivity contribution in [2.24, 2.45) is 5.73 Å². The van der Waals surface area contributed by atoms with Gasteiger partial charge in [0.25, 0.3) is 0 Å². The molecule has 4 nitrogen and oxygen atoms in total. The number of primary amides is 1. The summed E-state index contributed by atoms with van der Waals surface area (Å²) in [6.45, 7) is 0. The van der Waals surface area contributed by atoms with E-state index in [1.165, 1.54) is 0 Å². The molecule has 0 aromatic heterocycles. The van der Waals surface area contributed by atoms with Gasteiger partial charge in [-0.3, -0.25) is 4.79 Å². The minimum Gasteiger partial charge on any atom is -0.370 e. The molecule has 2 aromatic carbocycles. The van der Waals surface area contributed by atoms with Gasteiger partial charge in [0, 0.05) is 10.2 Å². The van der Waals surface area contributed by atoms with Gasteiger partial charge in [-0.05, 0) is 51.8 Å². The highest BCUT2D eigenvalue weighted by atomic mass is 79.9. The summed E-state index contributed by atoms with van der Waals surface area (Å²) in [5, 5.41) is 12.4. The summed E-state index contributed by atoms with van der Waals surface area (Å²) in [7, 11) is 0. The molecule has 3 N–H and O–H groups in total. The molecule has 0 aliphatic heterocycles. The van der Waals surface area contributed by atoms with E-state index >= 15 is 0 Å². The maximum absolute atomic E-state index is 11.7. The van der Waals surface area contributed by atoms with Crippen molar-refractivity contribution in [1.82, 2.24) is 0 Å². The fourth-order valence-corrected chi connectivity index (χ4v) is 2.32. The van der Waals surface area contributed by atoms with Crippen molar-refractivity contribution in [3.63, 3.8) is 0 Å². The predicted molar refractivity (Wildman–Crippen MR) is 85.9 cm³/mol. The zero-order valence-electron chi connectivity index (χ0n) is 10.8. The minimum atomic E-state index is -0.689. The van der Waals surface area contributed by atoms with E-state index in [-0.39, 0.29) is 0 Å². The molecule has 1 amide bonds. The van der Waals surface area contributed by atoms with Gasteiger partial charge in [-0.2, -0.15) is 5.26 Å². The molecule has 2 aromatic rings. The lowest BCUT2D eigenvalue weighted by Crippen LogP contribution is -2.27. The molecule has 0 spiro atoms. The van der Waals surface area contributed by atoms with Crippen LogP contribution in [-0.4, -0.2) is 5.91 Å². The molecular weight excluding hydrogens is 354 g/mol. The predicted octanol–water partition coefficient (Wildman–Crippen LogP) is 3.61. The van der Waals surface area contributed by atoms with Gasteiger partial charge in [-0.25, -0.2) is 0 Å². The summed E-state index contributed by atoms with van der Waals surface area (Å²) in [6.07, 6.45) is 0. The highest BCUT2D eigenvalue weighted by molar-refractivity contribution is 9.10. The van der Waals surface area contributed by atoms with Gasteiger partial charge in [0.1, 0.15) is 6.04 Å². The van der Waals surface area contributed by atoms with Crippen LogP contribution in [0.5, 0.6) is 0 Å². The number of nitrogens with one attached hydrogen (secondary N) is 1. The van der Waals surface area contributed by atoms with Crippen molar-refractivity contribution in [1.29, 1.82) is 5.26 Å². The van der Waals surface area contributed by atoms with Gasteiger partial charge in [-0.1, -0.05) is 23.7 Å². The Kier molecular flexibility index (Phi) is 4.84. The van der Waals surface area contributed by atoms with Crippen LogP contribution in [0.4, 0.5) is 5.69 Å². The molecular formula is C15H11BrClN3O. The van der Waals surface area contributed by atoms with Gasteiger partial charge in [0.05, 0.1) is 16.7 Å². The van der Waals surface area contributed by atoms with E-state index in [2.05, 4.69) is 21.2 Å². The van der Waals surface area contributed by atoms with E-state index in [9.17, 15) is 4.79 Å². The van der Waals surface area contributed by atoms with Gasteiger partial charge >= 0.3 is 0 Å².